The van der Waals surface area contributed by atoms with E-state index in [4.69, 9.17) is 29.7 Å². The molecule has 0 saturated heterocycles. The van der Waals surface area contributed by atoms with Crippen LogP contribution in [0.3, 0.4) is 0 Å². The van der Waals surface area contributed by atoms with E-state index in [1.54, 1.807) is 6.07 Å². The van der Waals surface area contributed by atoms with Crippen molar-refractivity contribution in [2.45, 2.75) is 0 Å². The summed E-state index contributed by atoms with van der Waals surface area (Å²) in [7, 11) is 0. The molecule has 0 atom stereocenters. The molecule has 0 bridgehead atoms. The molecule has 27 rings (SSSR count). The van der Waals surface area contributed by atoms with Crippen LogP contribution in [0.5, 0.6) is 0 Å². The van der Waals surface area contributed by atoms with Crippen LogP contribution in [0.15, 0.2) is 486 Å². The standard InChI is InChI=1S/3C42H26O/c1-2-13-30-27(11-1)12-9-20-32(30)41-35-16-5-3-14-33(35)40(34-15-4-6-17-36(34)41)29-25-23-28(24-26-29)31-19-10-22-39-42(31)37-18-7-8-21-38(37)43-39;1-2-11-30-26-31(25-20-27(30)10-1)41-35-14-5-3-12-33(35)40(34-13-4-6-15-36(34)41)29-23-21-28(22-24-29)32-17-9-19-39-42(32)37-16-7-8-18-38(37)43-39;1-2-11-27(12-3-1)28-21-22-30-26-31(24-23-29(30)25-28)40-32-13-4-6-15-34(32)41(35-16-7-5-14-33(35)40)37-18-10-20-39-42(37)36-17-8-9-19-38(36)43-39/h3*1-26H/i3D,4D,5D,6D,14D,15D,16D,17D;3D,4D,5D,6D,12D,13D,14D,15D;4D,5D,6D,7D,13D,14D,15D,16D. The molecule has 0 N–H and O–H groups in total. The Labute approximate surface area is 777 Å². The molecule has 600 valence electrons. The Morgan fingerprint density at radius 2 is 0.395 bits per heavy atom. The lowest BCUT2D eigenvalue weighted by molar-refractivity contribution is 0.668. The molecular formula is C126H78O3. The van der Waals surface area contributed by atoms with Gasteiger partial charge in [0, 0.05) is 32.3 Å². The van der Waals surface area contributed by atoms with E-state index in [9.17, 15) is 16.4 Å². The summed E-state index contributed by atoms with van der Waals surface area (Å²) in [5.41, 5.74) is 15.4. The zero-order valence-electron chi connectivity index (χ0n) is 92.4. The Morgan fingerprint density at radius 3 is 0.814 bits per heavy atom. The van der Waals surface area contributed by atoms with Crippen molar-refractivity contribution in [1.29, 1.82) is 0 Å². The van der Waals surface area contributed by atoms with Gasteiger partial charge in [-0.15, -0.1) is 0 Å². The summed E-state index contributed by atoms with van der Waals surface area (Å²) >= 11 is 0. The Balaban J connectivity index is 0.000000118. The molecule has 0 amide bonds. The van der Waals surface area contributed by atoms with Crippen LogP contribution in [0.25, 0.3) is 263 Å². The third-order valence-corrected chi connectivity index (χ3v) is 24.9. The smallest absolute Gasteiger partial charge is 0.136 e. The Hall–Kier alpha value is -17.0. The van der Waals surface area contributed by atoms with Crippen LogP contribution >= 0.6 is 0 Å². The maximum absolute atomic E-state index is 9.33. The predicted molar refractivity (Wildman–Crippen MR) is 548 cm³/mol. The van der Waals surface area contributed by atoms with Crippen molar-refractivity contribution in [2.24, 2.45) is 0 Å². The third kappa shape index (κ3) is 12.6. The number of hydrogen-bond acceptors (Lipinski definition) is 3. The minimum atomic E-state index is -0.434. The van der Waals surface area contributed by atoms with Crippen LogP contribution in [0.1, 0.15) is 32.9 Å². The SMILES string of the molecule is [2H]c1c([2H])c([2H])c2c(-c3ccc4ccccc4c3)c3c([2H])c([2H])c([2H])c([2H])c3c(-c3ccc(-c4cccc5oc6ccccc6c45)cc3)c2c1[2H].[2H]c1c([2H])c([2H])c2c(-c3cccc4ccccc34)c3c([2H])c([2H])c([2H])c([2H])c3c(-c3ccc(-c4cccc5oc6ccccc6c45)cc3)c2c1[2H].[2H]c1c([2H])c([2H])c2c(-c3cccc4oc5ccccc5c34)c3c([2H])c([2H])c([2H])c([2H])c3c(-c3ccc4cc(-c5ccccc5)ccc4c3)c2c1[2H]. The Bertz CT molecular complexity index is 10500. The average molecular weight is 1660 g/mol. The van der Waals surface area contributed by atoms with Crippen molar-refractivity contribution in [3.05, 3.63) is 473 Å². The summed E-state index contributed by atoms with van der Waals surface area (Å²) in [4.78, 5) is 0. The molecule has 0 saturated carbocycles. The lowest BCUT2D eigenvalue weighted by Crippen LogP contribution is -1.91. The topological polar surface area (TPSA) is 39.4 Å². The van der Waals surface area contributed by atoms with Crippen molar-refractivity contribution in [2.75, 3.05) is 0 Å². The van der Waals surface area contributed by atoms with E-state index in [1.807, 2.05) is 315 Å². The maximum Gasteiger partial charge on any atom is 0.136 e. The Kier molecular flexibility index (Phi) is 13.0. The molecule has 3 heterocycles. The van der Waals surface area contributed by atoms with Gasteiger partial charge in [0.25, 0.3) is 0 Å². The van der Waals surface area contributed by atoms with Crippen LogP contribution in [0.4, 0.5) is 0 Å². The molecule has 27 aromatic rings. The van der Waals surface area contributed by atoms with E-state index in [0.29, 0.717) is 83.3 Å². The van der Waals surface area contributed by atoms with Gasteiger partial charge in [-0.05, 0) is 252 Å². The summed E-state index contributed by atoms with van der Waals surface area (Å²) < 4.78 is 235. The fourth-order valence-corrected chi connectivity index (χ4v) is 19.2. The van der Waals surface area contributed by atoms with Crippen LogP contribution in [-0.4, -0.2) is 0 Å². The van der Waals surface area contributed by atoms with Gasteiger partial charge in [-0.2, -0.15) is 0 Å². The maximum atomic E-state index is 9.33. The molecule has 3 nitrogen and oxygen atoms in total. The number of benzene rings is 24. The lowest BCUT2D eigenvalue weighted by Gasteiger charge is -2.19. The molecule has 0 unspecified atom stereocenters. The number of hydrogen-bond donors (Lipinski definition) is 0. The zero-order valence-corrected chi connectivity index (χ0v) is 68.4. The second-order valence-electron chi connectivity index (χ2n) is 32.0. The molecule has 0 fully saturated rings. The molecule has 0 radical (unpaired) electrons. The Morgan fingerprint density at radius 1 is 0.140 bits per heavy atom. The highest BCUT2D eigenvalue weighted by molar-refractivity contribution is 6.28. The molecule has 0 aliphatic carbocycles. The molecule has 3 heteroatoms. The van der Waals surface area contributed by atoms with Crippen molar-refractivity contribution in [3.63, 3.8) is 0 Å². The summed E-state index contributed by atoms with van der Waals surface area (Å²) in [5.74, 6) is 0. The van der Waals surface area contributed by atoms with E-state index in [2.05, 4.69) is 6.07 Å². The van der Waals surface area contributed by atoms with E-state index in [0.717, 1.165) is 115 Å². The van der Waals surface area contributed by atoms with E-state index in [1.165, 1.54) is 0 Å². The van der Waals surface area contributed by atoms with Gasteiger partial charge in [0.2, 0.25) is 0 Å². The van der Waals surface area contributed by atoms with Crippen LogP contribution < -0.4 is 0 Å². The first-order valence-electron chi connectivity index (χ1n) is 54.4. The summed E-state index contributed by atoms with van der Waals surface area (Å²) in [6.45, 7) is 0. The molecule has 0 spiro atoms. The first-order valence-corrected chi connectivity index (χ1v) is 42.4. The summed E-state index contributed by atoms with van der Waals surface area (Å²) in [6, 6.07) is 95.6. The molecule has 129 heavy (non-hydrogen) atoms. The van der Waals surface area contributed by atoms with E-state index < -0.39 is 72.5 Å². The predicted octanol–water partition coefficient (Wildman–Crippen LogP) is 36.1. The molecule has 0 aliphatic rings. The number of furan rings is 3. The highest BCUT2D eigenvalue weighted by atomic mass is 16.3. The quantitative estimate of drug-likeness (QED) is 0.135. The fraction of sp³-hybridized carbons (Fsp3) is 0. The van der Waals surface area contributed by atoms with Gasteiger partial charge >= 0.3 is 0 Å². The van der Waals surface area contributed by atoms with Gasteiger partial charge in [-0.1, -0.05) is 418 Å². The second-order valence-corrected chi connectivity index (χ2v) is 32.0. The monoisotopic (exact) mass is 1660 g/mol. The summed E-state index contributed by atoms with van der Waals surface area (Å²) in [6.07, 6.45) is 0. The summed E-state index contributed by atoms with van der Waals surface area (Å²) in [5, 5.41) is 13.0. The third-order valence-electron chi connectivity index (χ3n) is 24.9. The fourth-order valence-electron chi connectivity index (χ4n) is 19.2. The van der Waals surface area contributed by atoms with E-state index in [-0.39, 0.29) is 137 Å². The molecule has 3 aromatic heterocycles. The highest BCUT2D eigenvalue weighted by Gasteiger charge is 2.25. The van der Waals surface area contributed by atoms with Crippen molar-refractivity contribution < 1.29 is 46.1 Å². The molecule has 24 aromatic carbocycles. The van der Waals surface area contributed by atoms with E-state index >= 15 is 0 Å². The molecule has 0 aliphatic heterocycles. The minimum absolute atomic E-state index is 0.172. The van der Waals surface area contributed by atoms with Crippen LogP contribution in [0, 0.1) is 0 Å². The minimum Gasteiger partial charge on any atom is -0.456 e. The largest absolute Gasteiger partial charge is 0.456 e. The van der Waals surface area contributed by atoms with Gasteiger partial charge in [0.15, 0.2) is 0 Å². The first kappa shape index (κ1) is 53.9. The van der Waals surface area contributed by atoms with Crippen LogP contribution in [0.2, 0.25) is 0 Å². The van der Waals surface area contributed by atoms with Gasteiger partial charge in [0.05, 0.1) is 32.9 Å². The number of fused-ring (bicyclic) bond motifs is 18. The van der Waals surface area contributed by atoms with Crippen molar-refractivity contribution in [1.82, 2.24) is 0 Å². The van der Waals surface area contributed by atoms with Crippen LogP contribution in [-0.2, 0) is 0 Å². The zero-order chi connectivity index (χ0) is 106. The van der Waals surface area contributed by atoms with Crippen molar-refractivity contribution >= 4 is 163 Å². The van der Waals surface area contributed by atoms with Gasteiger partial charge in [-0.3, -0.25) is 0 Å². The lowest BCUT2D eigenvalue weighted by atomic mass is 9.84. The number of rotatable bonds is 9. The first-order chi connectivity index (χ1) is 74.0. The van der Waals surface area contributed by atoms with Gasteiger partial charge in [-0.25, -0.2) is 0 Å². The van der Waals surface area contributed by atoms with Gasteiger partial charge in [0.1, 0.15) is 33.5 Å². The average Bonchev–Trinajstić information content (AvgIpc) is 1.38. The number of para-hydroxylation sites is 3. The second kappa shape index (κ2) is 31.1. The normalized spacial score (nSPS) is 14.3. The molecular weight excluding hydrogens is 1560 g/mol. The van der Waals surface area contributed by atoms with Crippen molar-refractivity contribution in [3.8, 4) is 100 Å². The highest BCUT2D eigenvalue weighted by Crippen LogP contribution is 2.52. The van der Waals surface area contributed by atoms with Gasteiger partial charge < -0.3 is 13.3 Å².